The lowest BCUT2D eigenvalue weighted by Crippen LogP contribution is -2.30. The Morgan fingerprint density at radius 2 is 1.75 bits per heavy atom. The molecule has 88 valence electrons. The molecular weight excluding hydrogens is 202 g/mol. The molecule has 1 N–H and O–H groups in total. The fourth-order valence-electron chi connectivity index (χ4n) is 1.96. The molecule has 0 bridgehead atoms. The minimum absolute atomic E-state index is 0.00774. The van der Waals surface area contributed by atoms with Gasteiger partial charge in [0.05, 0.1) is 6.61 Å². The van der Waals surface area contributed by atoms with Crippen LogP contribution in [0, 0.1) is 20.8 Å². The van der Waals surface area contributed by atoms with Crippen molar-refractivity contribution in [2.45, 2.75) is 20.8 Å². The molecule has 0 aliphatic carbocycles. The summed E-state index contributed by atoms with van der Waals surface area (Å²) in [5, 5.41) is 8.82. The number of carbonyl (C=O) groups is 1. The standard InChI is InChI=1S/C13H19NO2/c1-9-7-10(2)12(11(3)8-9)13(16)14(4)5-6-15/h7-8,15H,5-6H2,1-4H3. The second-order valence-corrected chi connectivity index (χ2v) is 4.22. The number of nitrogens with zero attached hydrogens (tertiary/aromatic N) is 1. The molecule has 3 heteroatoms. The van der Waals surface area contributed by atoms with Crippen molar-refractivity contribution >= 4 is 5.91 Å². The summed E-state index contributed by atoms with van der Waals surface area (Å²) in [6, 6.07) is 4.01. The normalized spacial score (nSPS) is 10.3. The van der Waals surface area contributed by atoms with E-state index in [1.807, 2.05) is 32.9 Å². The van der Waals surface area contributed by atoms with Crippen molar-refractivity contribution in [1.29, 1.82) is 0 Å². The van der Waals surface area contributed by atoms with Crippen LogP contribution in [0.1, 0.15) is 27.0 Å². The van der Waals surface area contributed by atoms with E-state index in [1.54, 1.807) is 11.9 Å². The molecule has 1 rings (SSSR count). The Balaban J connectivity index is 3.08. The van der Waals surface area contributed by atoms with Crippen molar-refractivity contribution in [3.8, 4) is 0 Å². The van der Waals surface area contributed by atoms with Crippen LogP contribution in [-0.4, -0.2) is 36.1 Å². The zero-order valence-corrected chi connectivity index (χ0v) is 10.4. The van der Waals surface area contributed by atoms with Crippen LogP contribution >= 0.6 is 0 Å². The molecule has 0 saturated carbocycles. The minimum Gasteiger partial charge on any atom is -0.395 e. The number of hydrogen-bond donors (Lipinski definition) is 1. The predicted octanol–water partition coefficient (Wildman–Crippen LogP) is 1.68. The first kappa shape index (κ1) is 12.7. The van der Waals surface area contributed by atoms with Crippen molar-refractivity contribution in [2.24, 2.45) is 0 Å². The first-order valence-corrected chi connectivity index (χ1v) is 5.41. The lowest BCUT2D eigenvalue weighted by Gasteiger charge is -2.19. The zero-order valence-electron chi connectivity index (χ0n) is 10.4. The highest BCUT2D eigenvalue weighted by molar-refractivity contribution is 5.97. The molecule has 3 nitrogen and oxygen atoms in total. The lowest BCUT2D eigenvalue weighted by atomic mass is 9.99. The van der Waals surface area contributed by atoms with Gasteiger partial charge in [-0.3, -0.25) is 4.79 Å². The summed E-state index contributed by atoms with van der Waals surface area (Å²) in [7, 11) is 1.71. The third kappa shape index (κ3) is 2.61. The van der Waals surface area contributed by atoms with Crippen LogP contribution in [0.4, 0.5) is 0 Å². The Bertz CT molecular complexity index is 376. The molecule has 0 fully saturated rings. The number of hydrogen-bond acceptors (Lipinski definition) is 2. The molecule has 1 aromatic rings. The summed E-state index contributed by atoms with van der Waals surface area (Å²) in [6.45, 7) is 6.27. The van der Waals surface area contributed by atoms with Gasteiger partial charge in [0, 0.05) is 19.2 Å². The Hall–Kier alpha value is -1.35. The van der Waals surface area contributed by atoms with Crippen LogP contribution in [0.15, 0.2) is 12.1 Å². The van der Waals surface area contributed by atoms with Crippen molar-refractivity contribution in [3.63, 3.8) is 0 Å². The third-order valence-electron chi connectivity index (χ3n) is 2.67. The number of likely N-dealkylation sites (N-methyl/N-ethyl adjacent to an activating group) is 1. The summed E-state index contributed by atoms with van der Waals surface area (Å²) < 4.78 is 0. The number of benzene rings is 1. The maximum atomic E-state index is 12.1. The highest BCUT2D eigenvalue weighted by atomic mass is 16.3. The van der Waals surface area contributed by atoms with Gasteiger partial charge in [-0.25, -0.2) is 0 Å². The summed E-state index contributed by atoms with van der Waals surface area (Å²) in [5.41, 5.74) is 3.90. The van der Waals surface area contributed by atoms with Gasteiger partial charge in [-0.2, -0.15) is 0 Å². The molecule has 0 aliphatic heterocycles. The van der Waals surface area contributed by atoms with Crippen LogP contribution in [0.3, 0.4) is 0 Å². The minimum atomic E-state index is -0.0240. The molecule has 0 unspecified atom stereocenters. The average molecular weight is 221 g/mol. The smallest absolute Gasteiger partial charge is 0.254 e. The number of amides is 1. The van der Waals surface area contributed by atoms with Crippen molar-refractivity contribution < 1.29 is 9.90 Å². The molecule has 0 radical (unpaired) electrons. The van der Waals surface area contributed by atoms with E-state index in [9.17, 15) is 4.79 Å². The lowest BCUT2D eigenvalue weighted by molar-refractivity contribution is 0.0765. The number of rotatable bonds is 3. The largest absolute Gasteiger partial charge is 0.395 e. The molecule has 1 aromatic carbocycles. The first-order chi connectivity index (χ1) is 7.47. The fourth-order valence-corrected chi connectivity index (χ4v) is 1.96. The van der Waals surface area contributed by atoms with Crippen LogP contribution in [0.25, 0.3) is 0 Å². The Morgan fingerprint density at radius 1 is 1.25 bits per heavy atom. The monoisotopic (exact) mass is 221 g/mol. The summed E-state index contributed by atoms with van der Waals surface area (Å²) in [6.07, 6.45) is 0. The quantitative estimate of drug-likeness (QED) is 0.843. The second kappa shape index (κ2) is 5.12. The maximum absolute atomic E-state index is 12.1. The molecule has 0 spiro atoms. The van der Waals surface area contributed by atoms with E-state index < -0.39 is 0 Å². The van der Waals surface area contributed by atoms with E-state index in [0.717, 1.165) is 22.3 Å². The van der Waals surface area contributed by atoms with Gasteiger partial charge in [0.2, 0.25) is 0 Å². The number of aliphatic hydroxyl groups excluding tert-OH is 1. The van der Waals surface area contributed by atoms with E-state index in [2.05, 4.69) is 0 Å². The van der Waals surface area contributed by atoms with Gasteiger partial charge in [0.15, 0.2) is 0 Å². The van der Waals surface area contributed by atoms with E-state index in [-0.39, 0.29) is 12.5 Å². The average Bonchev–Trinajstić information content (AvgIpc) is 2.16. The number of aliphatic hydroxyl groups is 1. The molecule has 0 saturated heterocycles. The molecule has 0 aromatic heterocycles. The zero-order chi connectivity index (χ0) is 12.3. The maximum Gasteiger partial charge on any atom is 0.254 e. The van der Waals surface area contributed by atoms with Gasteiger partial charge in [-0.1, -0.05) is 17.7 Å². The Labute approximate surface area is 96.7 Å². The topological polar surface area (TPSA) is 40.5 Å². The van der Waals surface area contributed by atoms with Crippen LogP contribution in [0.2, 0.25) is 0 Å². The summed E-state index contributed by atoms with van der Waals surface area (Å²) >= 11 is 0. The molecule has 0 aliphatic rings. The molecule has 0 atom stereocenters. The van der Waals surface area contributed by atoms with Gasteiger partial charge in [0.25, 0.3) is 5.91 Å². The summed E-state index contributed by atoms with van der Waals surface area (Å²) in [5.74, 6) is -0.0240. The molecule has 1 amide bonds. The number of carbonyl (C=O) groups excluding carboxylic acids is 1. The SMILES string of the molecule is Cc1cc(C)c(C(=O)N(C)CCO)c(C)c1. The van der Waals surface area contributed by atoms with Gasteiger partial charge >= 0.3 is 0 Å². The third-order valence-corrected chi connectivity index (χ3v) is 2.67. The van der Waals surface area contributed by atoms with Crippen LogP contribution < -0.4 is 0 Å². The Morgan fingerprint density at radius 3 is 2.19 bits per heavy atom. The van der Waals surface area contributed by atoms with Gasteiger partial charge in [-0.05, 0) is 31.9 Å². The highest BCUT2D eigenvalue weighted by Gasteiger charge is 2.16. The van der Waals surface area contributed by atoms with Gasteiger partial charge in [-0.15, -0.1) is 0 Å². The van der Waals surface area contributed by atoms with E-state index in [1.165, 1.54) is 0 Å². The van der Waals surface area contributed by atoms with E-state index >= 15 is 0 Å². The molecule has 16 heavy (non-hydrogen) atoms. The second-order valence-electron chi connectivity index (χ2n) is 4.22. The van der Waals surface area contributed by atoms with Crippen molar-refractivity contribution in [1.82, 2.24) is 4.90 Å². The van der Waals surface area contributed by atoms with Crippen molar-refractivity contribution in [2.75, 3.05) is 20.2 Å². The first-order valence-electron chi connectivity index (χ1n) is 5.41. The van der Waals surface area contributed by atoms with Crippen LogP contribution in [0.5, 0.6) is 0 Å². The van der Waals surface area contributed by atoms with E-state index in [4.69, 9.17) is 5.11 Å². The molecule has 0 heterocycles. The molecular formula is C13H19NO2. The van der Waals surface area contributed by atoms with Gasteiger partial charge < -0.3 is 10.0 Å². The van der Waals surface area contributed by atoms with Crippen molar-refractivity contribution in [3.05, 3.63) is 34.4 Å². The highest BCUT2D eigenvalue weighted by Crippen LogP contribution is 2.17. The van der Waals surface area contributed by atoms with E-state index in [0.29, 0.717) is 6.54 Å². The fraction of sp³-hybridized carbons (Fsp3) is 0.462. The Kier molecular flexibility index (Phi) is 4.07. The predicted molar refractivity (Wildman–Crippen MR) is 64.7 cm³/mol. The number of aryl methyl sites for hydroxylation is 3. The van der Waals surface area contributed by atoms with Crippen LogP contribution in [-0.2, 0) is 0 Å². The summed E-state index contributed by atoms with van der Waals surface area (Å²) in [4.78, 5) is 13.6. The van der Waals surface area contributed by atoms with Gasteiger partial charge in [0.1, 0.15) is 0 Å².